The van der Waals surface area contributed by atoms with Gasteiger partial charge in [-0.3, -0.25) is 0 Å². The lowest BCUT2D eigenvalue weighted by Gasteiger charge is -2.24. The Bertz CT molecular complexity index is 825. The number of aromatic nitrogens is 2. The number of nitrogens with zero attached hydrogens (tertiary/aromatic N) is 3. The van der Waals surface area contributed by atoms with E-state index in [1.165, 1.54) is 0 Å². The van der Waals surface area contributed by atoms with Crippen LogP contribution in [0.2, 0.25) is 0 Å². The lowest BCUT2D eigenvalue weighted by Crippen LogP contribution is -2.33. The van der Waals surface area contributed by atoms with Crippen molar-refractivity contribution in [2.75, 3.05) is 23.7 Å². The van der Waals surface area contributed by atoms with E-state index in [-0.39, 0.29) is 5.75 Å². The van der Waals surface area contributed by atoms with Crippen LogP contribution in [0.15, 0.2) is 5.38 Å². The van der Waals surface area contributed by atoms with Gasteiger partial charge in [0.2, 0.25) is 0 Å². The number of anilines is 1. The largest absolute Gasteiger partial charge is 0.355 e. The van der Waals surface area contributed by atoms with Gasteiger partial charge in [-0.2, -0.15) is 0 Å². The van der Waals surface area contributed by atoms with Crippen LogP contribution in [0.1, 0.15) is 31.7 Å². The van der Waals surface area contributed by atoms with E-state index in [4.69, 9.17) is 0 Å². The number of rotatable bonds is 1. The molecule has 0 radical (unpaired) electrons. The zero-order valence-corrected chi connectivity index (χ0v) is 15.0. The summed E-state index contributed by atoms with van der Waals surface area (Å²) < 4.78 is 24.1. The first-order valence-corrected chi connectivity index (χ1v) is 9.94. The molecule has 0 saturated carbocycles. The molecular formula is C15H21N3O2S2. The minimum absolute atomic E-state index is 0.174. The minimum Gasteiger partial charge on any atom is -0.355 e. The van der Waals surface area contributed by atoms with Crippen LogP contribution in [-0.4, -0.2) is 42.0 Å². The van der Waals surface area contributed by atoms with Gasteiger partial charge < -0.3 is 4.90 Å². The van der Waals surface area contributed by atoms with Crippen LogP contribution in [0.5, 0.6) is 0 Å². The van der Waals surface area contributed by atoms with Crippen molar-refractivity contribution in [3.05, 3.63) is 16.8 Å². The third-order valence-electron chi connectivity index (χ3n) is 4.47. The zero-order chi connectivity index (χ0) is 16.1. The Labute approximate surface area is 135 Å². The van der Waals surface area contributed by atoms with Gasteiger partial charge in [0.15, 0.2) is 9.84 Å². The molecule has 1 aliphatic heterocycles. The maximum Gasteiger partial charge on any atom is 0.157 e. The lowest BCUT2D eigenvalue weighted by atomic mass is 10.1. The number of hydrogen-bond donors (Lipinski definition) is 0. The first-order valence-electron chi connectivity index (χ1n) is 7.41. The number of aryl methyl sites for hydroxylation is 2. The van der Waals surface area contributed by atoms with E-state index >= 15 is 0 Å². The van der Waals surface area contributed by atoms with Crippen LogP contribution < -0.4 is 4.90 Å². The van der Waals surface area contributed by atoms with Gasteiger partial charge in [-0.25, -0.2) is 18.4 Å². The maximum atomic E-state index is 12.4. The molecule has 1 aliphatic rings. The molecule has 0 aromatic carbocycles. The topological polar surface area (TPSA) is 63.2 Å². The summed E-state index contributed by atoms with van der Waals surface area (Å²) in [5, 5.41) is 3.15. The Morgan fingerprint density at radius 1 is 1.23 bits per heavy atom. The molecule has 3 heterocycles. The van der Waals surface area contributed by atoms with E-state index in [0.29, 0.717) is 19.5 Å². The lowest BCUT2D eigenvalue weighted by molar-refractivity contribution is 0.538. The van der Waals surface area contributed by atoms with Crippen LogP contribution in [0.25, 0.3) is 10.2 Å². The third kappa shape index (κ3) is 2.50. The summed E-state index contributed by atoms with van der Waals surface area (Å²) in [7, 11) is -3.08. The molecule has 2 aromatic rings. The fourth-order valence-corrected chi connectivity index (χ4v) is 5.16. The Kier molecular flexibility index (Phi) is 3.68. The molecule has 1 saturated heterocycles. The van der Waals surface area contributed by atoms with Gasteiger partial charge in [-0.15, -0.1) is 11.3 Å². The maximum absolute atomic E-state index is 12.4. The van der Waals surface area contributed by atoms with Crippen molar-refractivity contribution in [3.8, 4) is 0 Å². The molecule has 120 valence electrons. The predicted molar refractivity (Wildman–Crippen MR) is 91.6 cm³/mol. The molecular weight excluding hydrogens is 318 g/mol. The third-order valence-corrected chi connectivity index (χ3v) is 8.06. The van der Waals surface area contributed by atoms with Gasteiger partial charge in [0.05, 0.1) is 15.9 Å². The van der Waals surface area contributed by atoms with Crippen molar-refractivity contribution < 1.29 is 8.42 Å². The highest BCUT2D eigenvalue weighted by molar-refractivity contribution is 7.92. The highest BCUT2D eigenvalue weighted by Crippen LogP contribution is 2.34. The molecule has 0 bridgehead atoms. The fourth-order valence-electron chi connectivity index (χ4n) is 2.78. The summed E-state index contributed by atoms with van der Waals surface area (Å²) in [5.74, 6) is 1.79. The molecule has 2 aromatic heterocycles. The molecule has 0 N–H and O–H groups in total. The molecule has 0 atom stereocenters. The number of thiophene rings is 1. The highest BCUT2D eigenvalue weighted by atomic mass is 32.2. The summed E-state index contributed by atoms with van der Waals surface area (Å²) in [5.41, 5.74) is 1.15. The van der Waals surface area contributed by atoms with E-state index < -0.39 is 14.6 Å². The summed E-state index contributed by atoms with van der Waals surface area (Å²) in [6.07, 6.45) is 0.614. The molecule has 7 heteroatoms. The van der Waals surface area contributed by atoms with Gasteiger partial charge >= 0.3 is 0 Å². The second-order valence-corrected chi connectivity index (χ2v) is 10.1. The van der Waals surface area contributed by atoms with Crippen molar-refractivity contribution in [2.24, 2.45) is 0 Å². The summed E-state index contributed by atoms with van der Waals surface area (Å²) in [4.78, 5) is 12.2. The van der Waals surface area contributed by atoms with E-state index in [1.807, 2.05) is 20.8 Å². The summed E-state index contributed by atoms with van der Waals surface area (Å²) >= 11 is 1.62. The average molecular weight is 339 g/mol. The molecule has 1 fully saturated rings. The molecule has 0 spiro atoms. The molecule has 0 aliphatic carbocycles. The molecule has 22 heavy (non-hydrogen) atoms. The van der Waals surface area contributed by atoms with Crippen LogP contribution >= 0.6 is 11.3 Å². The second-order valence-electron chi connectivity index (χ2n) is 6.51. The van der Waals surface area contributed by atoms with Crippen molar-refractivity contribution in [1.82, 2.24) is 9.97 Å². The summed E-state index contributed by atoms with van der Waals surface area (Å²) in [6.45, 7) is 8.78. The molecule has 0 unspecified atom stereocenters. The quantitative estimate of drug-likeness (QED) is 0.799. The normalized spacial score (nSPS) is 21.0. The second kappa shape index (κ2) is 5.16. The van der Waals surface area contributed by atoms with E-state index in [1.54, 1.807) is 11.3 Å². The standard InChI is InChI=1S/C15H21N3O2S2/c1-10-9-21-14-12(10)13(16-11(2)17-14)18-6-5-15(3,4)22(19,20)8-7-18/h9H,5-8H2,1-4H3. The van der Waals surface area contributed by atoms with Crippen molar-refractivity contribution in [3.63, 3.8) is 0 Å². The Morgan fingerprint density at radius 3 is 2.68 bits per heavy atom. The zero-order valence-electron chi connectivity index (χ0n) is 13.4. The van der Waals surface area contributed by atoms with Crippen LogP contribution in [0.3, 0.4) is 0 Å². The predicted octanol–water partition coefficient (Wildman–Crippen LogP) is 2.71. The minimum atomic E-state index is -3.08. The fraction of sp³-hybridized carbons (Fsp3) is 0.600. The van der Waals surface area contributed by atoms with E-state index in [0.717, 1.165) is 27.4 Å². The number of sulfone groups is 1. The van der Waals surface area contributed by atoms with Gasteiger partial charge in [0.25, 0.3) is 0 Å². The van der Waals surface area contributed by atoms with Crippen LogP contribution in [0.4, 0.5) is 5.82 Å². The van der Waals surface area contributed by atoms with Gasteiger partial charge in [0.1, 0.15) is 16.5 Å². The van der Waals surface area contributed by atoms with Crippen molar-refractivity contribution in [2.45, 2.75) is 38.9 Å². The van der Waals surface area contributed by atoms with Crippen molar-refractivity contribution in [1.29, 1.82) is 0 Å². The Balaban J connectivity index is 2.07. The Hall–Kier alpha value is -1.21. The molecule has 0 amide bonds. The first kappa shape index (κ1) is 15.7. The number of hydrogen-bond acceptors (Lipinski definition) is 6. The first-order chi connectivity index (χ1) is 10.2. The van der Waals surface area contributed by atoms with Crippen LogP contribution in [-0.2, 0) is 9.84 Å². The SMILES string of the molecule is Cc1nc(N2CCC(C)(C)S(=O)(=O)CC2)c2c(C)csc2n1. The Morgan fingerprint density at radius 2 is 1.95 bits per heavy atom. The highest BCUT2D eigenvalue weighted by Gasteiger charge is 2.37. The average Bonchev–Trinajstić information content (AvgIpc) is 2.74. The smallest absolute Gasteiger partial charge is 0.157 e. The monoisotopic (exact) mass is 339 g/mol. The van der Waals surface area contributed by atoms with Crippen molar-refractivity contribution >= 4 is 37.2 Å². The molecule has 5 nitrogen and oxygen atoms in total. The van der Waals surface area contributed by atoms with E-state index in [9.17, 15) is 8.42 Å². The van der Waals surface area contributed by atoms with Crippen LogP contribution in [0, 0.1) is 13.8 Å². The van der Waals surface area contributed by atoms with E-state index in [2.05, 4.69) is 27.2 Å². The summed E-state index contributed by atoms with van der Waals surface area (Å²) in [6, 6.07) is 0. The van der Waals surface area contributed by atoms with Gasteiger partial charge in [-0.05, 0) is 45.1 Å². The van der Waals surface area contributed by atoms with Gasteiger partial charge in [-0.1, -0.05) is 0 Å². The van der Waals surface area contributed by atoms with Gasteiger partial charge in [0, 0.05) is 13.1 Å². The molecule has 3 rings (SSSR count). The number of fused-ring (bicyclic) bond motifs is 1.